The number of nitrogens with zero attached hydrogens (tertiary/aromatic N) is 1. The molecule has 1 amide bonds. The first-order valence-corrected chi connectivity index (χ1v) is 1.97. The maximum atomic E-state index is 10.1. The molecule has 8 heavy (non-hydrogen) atoms. The number of hydrogen-bond acceptors (Lipinski definition) is 3. The fourth-order valence-corrected chi connectivity index (χ4v) is 0.213. The topological polar surface area (TPSA) is 93.5 Å². The summed E-state index contributed by atoms with van der Waals surface area (Å²) < 4.78 is 0. The summed E-state index contributed by atoms with van der Waals surface area (Å²) in [6, 6.07) is 0. The number of amides is 1. The van der Waals surface area contributed by atoms with Crippen LogP contribution in [-0.4, -0.2) is 11.9 Å². The van der Waals surface area contributed by atoms with Gasteiger partial charge in [-0.2, -0.15) is 0 Å². The standard InChI is InChI=1S/C3H8N4O/c1-2(8)6-3(4)7-5/h5H2,1H3,(H3,4,6,7,8). The SMILES string of the molecule is CC(=O)N/C(N)=N\N. The van der Waals surface area contributed by atoms with Crippen LogP contribution < -0.4 is 16.9 Å². The van der Waals surface area contributed by atoms with E-state index in [9.17, 15) is 4.79 Å². The fraction of sp³-hybridized carbons (Fsp3) is 0.333. The van der Waals surface area contributed by atoms with Crippen molar-refractivity contribution in [3.63, 3.8) is 0 Å². The molecule has 0 radical (unpaired) electrons. The number of hydrazone groups is 1. The molecule has 0 bridgehead atoms. The van der Waals surface area contributed by atoms with Crippen molar-refractivity contribution in [3.8, 4) is 0 Å². The van der Waals surface area contributed by atoms with Crippen LogP contribution in [0.1, 0.15) is 6.92 Å². The lowest BCUT2D eigenvalue weighted by molar-refractivity contribution is -0.117. The molecule has 0 rings (SSSR count). The van der Waals surface area contributed by atoms with Crippen LogP contribution in [0.4, 0.5) is 0 Å². The summed E-state index contributed by atoms with van der Waals surface area (Å²) in [6.07, 6.45) is 0. The van der Waals surface area contributed by atoms with Crippen LogP contribution in [-0.2, 0) is 4.79 Å². The molecule has 0 aliphatic rings. The molecular weight excluding hydrogens is 108 g/mol. The fourth-order valence-electron chi connectivity index (χ4n) is 0.213. The van der Waals surface area contributed by atoms with E-state index in [1.165, 1.54) is 6.92 Å². The minimum atomic E-state index is -0.281. The van der Waals surface area contributed by atoms with Crippen molar-refractivity contribution >= 4 is 11.9 Å². The third-order valence-corrected chi connectivity index (χ3v) is 0.443. The largest absolute Gasteiger partial charge is 0.368 e. The number of rotatable bonds is 0. The van der Waals surface area contributed by atoms with Crippen molar-refractivity contribution < 1.29 is 4.79 Å². The first-order chi connectivity index (χ1) is 3.66. The zero-order valence-electron chi connectivity index (χ0n) is 4.51. The van der Waals surface area contributed by atoms with Gasteiger partial charge >= 0.3 is 0 Å². The van der Waals surface area contributed by atoms with E-state index in [0.29, 0.717) is 0 Å². The smallest absolute Gasteiger partial charge is 0.223 e. The third kappa shape index (κ3) is 2.95. The number of carbonyl (C=O) groups excluding carboxylic acids is 1. The number of guanidine groups is 1. The monoisotopic (exact) mass is 116 g/mol. The number of nitrogens with two attached hydrogens (primary N) is 2. The van der Waals surface area contributed by atoms with Gasteiger partial charge in [0.2, 0.25) is 11.9 Å². The Bertz CT molecular complexity index is 118. The summed E-state index contributed by atoms with van der Waals surface area (Å²) in [6.45, 7) is 1.32. The lowest BCUT2D eigenvalue weighted by Crippen LogP contribution is -2.35. The first-order valence-electron chi connectivity index (χ1n) is 1.97. The highest BCUT2D eigenvalue weighted by atomic mass is 16.1. The van der Waals surface area contributed by atoms with Gasteiger partial charge in [-0.3, -0.25) is 10.1 Å². The molecule has 0 saturated carbocycles. The molecule has 0 aliphatic heterocycles. The lowest BCUT2D eigenvalue weighted by Gasteiger charge is -1.94. The highest BCUT2D eigenvalue weighted by molar-refractivity contribution is 5.94. The van der Waals surface area contributed by atoms with Gasteiger partial charge in [-0.25, -0.2) is 0 Å². The molecular formula is C3H8N4O. The average molecular weight is 116 g/mol. The Morgan fingerprint density at radius 1 is 1.75 bits per heavy atom. The summed E-state index contributed by atoms with van der Waals surface area (Å²) in [5.74, 6) is 4.32. The molecule has 0 spiro atoms. The Morgan fingerprint density at radius 2 is 2.25 bits per heavy atom. The molecule has 0 aromatic heterocycles. The van der Waals surface area contributed by atoms with Gasteiger partial charge in [0.15, 0.2) is 0 Å². The highest BCUT2D eigenvalue weighted by Crippen LogP contribution is 1.56. The predicted octanol–water partition coefficient (Wildman–Crippen LogP) is -1.69. The van der Waals surface area contributed by atoms with Crippen molar-refractivity contribution in [2.24, 2.45) is 16.7 Å². The number of hydrogen-bond donors (Lipinski definition) is 3. The maximum Gasteiger partial charge on any atom is 0.223 e. The van der Waals surface area contributed by atoms with E-state index in [1.807, 2.05) is 0 Å². The molecule has 5 nitrogen and oxygen atoms in total. The zero-order valence-corrected chi connectivity index (χ0v) is 4.51. The molecule has 0 aromatic carbocycles. The van der Waals surface area contributed by atoms with Crippen molar-refractivity contribution in [2.75, 3.05) is 0 Å². The Labute approximate surface area is 46.7 Å². The first kappa shape index (κ1) is 6.74. The van der Waals surface area contributed by atoms with Crippen LogP contribution >= 0.6 is 0 Å². The normalized spacial score (nSPS) is 10.9. The van der Waals surface area contributed by atoms with Crippen molar-refractivity contribution in [2.45, 2.75) is 6.92 Å². The van der Waals surface area contributed by atoms with Crippen molar-refractivity contribution in [1.29, 1.82) is 0 Å². The molecule has 46 valence electrons. The second-order valence-corrected chi connectivity index (χ2v) is 1.20. The molecule has 0 heterocycles. The van der Waals surface area contributed by atoms with Gasteiger partial charge in [-0.15, -0.1) is 5.10 Å². The Morgan fingerprint density at radius 3 is 2.38 bits per heavy atom. The second kappa shape index (κ2) is 2.84. The molecule has 0 aromatic rings. The van der Waals surface area contributed by atoms with Crippen molar-refractivity contribution in [3.05, 3.63) is 0 Å². The van der Waals surface area contributed by atoms with Gasteiger partial charge in [-0.1, -0.05) is 0 Å². The van der Waals surface area contributed by atoms with Crippen LogP contribution in [0.5, 0.6) is 0 Å². The summed E-state index contributed by atoms with van der Waals surface area (Å²) in [4.78, 5) is 10.1. The van der Waals surface area contributed by atoms with E-state index in [1.54, 1.807) is 0 Å². The van der Waals surface area contributed by atoms with Crippen LogP contribution in [0.2, 0.25) is 0 Å². The predicted molar refractivity (Wildman–Crippen MR) is 29.6 cm³/mol. The van der Waals surface area contributed by atoms with Gasteiger partial charge in [0.05, 0.1) is 0 Å². The van der Waals surface area contributed by atoms with E-state index in [2.05, 4.69) is 16.3 Å². The van der Waals surface area contributed by atoms with Gasteiger partial charge in [0.25, 0.3) is 0 Å². The van der Waals surface area contributed by atoms with Crippen LogP contribution in [0, 0.1) is 0 Å². The number of carbonyl (C=O) groups is 1. The van der Waals surface area contributed by atoms with E-state index in [0.717, 1.165) is 0 Å². The second-order valence-electron chi connectivity index (χ2n) is 1.20. The Hall–Kier alpha value is -1.26. The quantitative estimate of drug-likeness (QED) is 0.152. The van der Waals surface area contributed by atoms with Crippen molar-refractivity contribution in [1.82, 2.24) is 5.32 Å². The van der Waals surface area contributed by atoms with Crippen LogP contribution in [0.25, 0.3) is 0 Å². The van der Waals surface area contributed by atoms with E-state index in [-0.39, 0.29) is 11.9 Å². The Balaban J connectivity index is 3.56. The lowest BCUT2D eigenvalue weighted by atomic mass is 10.7. The molecule has 0 aliphatic carbocycles. The minimum Gasteiger partial charge on any atom is -0.368 e. The molecule has 0 unspecified atom stereocenters. The van der Waals surface area contributed by atoms with E-state index < -0.39 is 0 Å². The van der Waals surface area contributed by atoms with E-state index in [4.69, 9.17) is 5.73 Å². The molecule has 0 fully saturated rings. The molecule has 0 saturated heterocycles. The minimum absolute atomic E-state index is 0.0718. The third-order valence-electron chi connectivity index (χ3n) is 0.443. The summed E-state index contributed by atoms with van der Waals surface area (Å²) in [5.41, 5.74) is 4.97. The highest BCUT2D eigenvalue weighted by Gasteiger charge is 1.90. The summed E-state index contributed by atoms with van der Waals surface area (Å²) in [7, 11) is 0. The zero-order chi connectivity index (χ0) is 6.57. The van der Waals surface area contributed by atoms with Crippen LogP contribution in [0.15, 0.2) is 5.10 Å². The number of nitrogens with one attached hydrogen (secondary N) is 1. The Kier molecular flexibility index (Phi) is 2.39. The van der Waals surface area contributed by atoms with Gasteiger partial charge in [0.1, 0.15) is 0 Å². The summed E-state index contributed by atoms with van der Waals surface area (Å²) in [5, 5.41) is 5.15. The maximum absolute atomic E-state index is 10.1. The van der Waals surface area contributed by atoms with Gasteiger partial charge in [-0.05, 0) is 0 Å². The molecule has 0 atom stereocenters. The molecule has 5 heteroatoms. The van der Waals surface area contributed by atoms with Gasteiger partial charge in [0, 0.05) is 6.92 Å². The van der Waals surface area contributed by atoms with Gasteiger partial charge < -0.3 is 11.6 Å². The summed E-state index contributed by atoms with van der Waals surface area (Å²) >= 11 is 0. The van der Waals surface area contributed by atoms with E-state index >= 15 is 0 Å². The van der Waals surface area contributed by atoms with Crippen LogP contribution in [0.3, 0.4) is 0 Å². The average Bonchev–Trinajstić information content (AvgIpc) is 1.65. The molecule has 5 N–H and O–H groups in total.